The number of anilines is 2. The van der Waals surface area contributed by atoms with Gasteiger partial charge in [-0.3, -0.25) is 14.5 Å². The number of sulfonamides is 1. The Morgan fingerprint density at radius 3 is 2.62 bits per heavy atom. The van der Waals surface area contributed by atoms with E-state index in [2.05, 4.69) is 20.0 Å². The normalized spacial score (nSPS) is 21.0. The highest BCUT2D eigenvalue weighted by atomic mass is 32.2. The minimum absolute atomic E-state index is 0.0257. The number of carbonyl (C=O) groups is 1. The van der Waals surface area contributed by atoms with E-state index in [0.29, 0.717) is 37.6 Å². The molecule has 11 heteroatoms. The minimum Gasteiger partial charge on any atom is -0.475 e. The monoisotopic (exact) mass is 525 g/mol. The molecule has 1 aliphatic carbocycles. The van der Waals surface area contributed by atoms with Crippen LogP contribution in [0.25, 0.3) is 22.0 Å². The first kappa shape index (κ1) is 25.4. The number of hydrogen-bond acceptors (Lipinski definition) is 8. The van der Waals surface area contributed by atoms with Crippen LogP contribution >= 0.6 is 0 Å². The van der Waals surface area contributed by atoms with Crippen molar-refractivity contribution in [1.29, 1.82) is 0 Å². The van der Waals surface area contributed by atoms with E-state index in [1.165, 1.54) is 0 Å². The van der Waals surface area contributed by atoms with Crippen LogP contribution in [0.1, 0.15) is 32.3 Å². The fraction of sp³-hybridized carbons (Fsp3) is 0.423. The zero-order valence-electron chi connectivity index (χ0n) is 21.3. The van der Waals surface area contributed by atoms with Crippen molar-refractivity contribution >= 4 is 38.2 Å². The summed E-state index contributed by atoms with van der Waals surface area (Å²) in [6.45, 7) is 4.97. The Kier molecular flexibility index (Phi) is 6.33. The van der Waals surface area contributed by atoms with Crippen molar-refractivity contribution < 1.29 is 23.1 Å². The Bertz CT molecular complexity index is 1480. The standard InChI is InChI=1S/C26H31N5O5S/c1-15(2)27-7-8-36-24-21(30-37(4,34)35)10-17(13-29-24)16-5-6-20-19(9-16)23-22(14-28-20)31(3)25(33)26(23)11-18(32)12-26/h5-6,9-10,13-15,18,27,30,32H,7-8,11-12H2,1-4H3. The number of nitrogens with one attached hydrogen (secondary N) is 2. The molecule has 0 atom stereocenters. The number of pyridine rings is 2. The van der Waals surface area contributed by atoms with E-state index < -0.39 is 21.5 Å². The second-order valence-corrected chi connectivity index (χ2v) is 11.9. The number of aromatic nitrogens is 2. The zero-order chi connectivity index (χ0) is 26.5. The quantitative estimate of drug-likeness (QED) is 0.382. The molecule has 1 spiro atoms. The molecule has 0 saturated heterocycles. The van der Waals surface area contributed by atoms with Crippen molar-refractivity contribution in [3.8, 4) is 17.0 Å². The number of nitrogens with zero attached hydrogens (tertiary/aromatic N) is 3. The van der Waals surface area contributed by atoms with Gasteiger partial charge < -0.3 is 20.1 Å². The smallest absolute Gasteiger partial charge is 0.238 e. The molecule has 3 N–H and O–H groups in total. The molecule has 0 unspecified atom stereocenters. The third-order valence-electron chi connectivity index (χ3n) is 6.94. The second-order valence-electron chi connectivity index (χ2n) is 10.2. The zero-order valence-corrected chi connectivity index (χ0v) is 22.1. The number of amides is 1. The molecule has 0 bridgehead atoms. The third-order valence-corrected chi connectivity index (χ3v) is 7.53. The fourth-order valence-electron chi connectivity index (χ4n) is 5.27. The molecule has 1 fully saturated rings. The van der Waals surface area contributed by atoms with Gasteiger partial charge in [-0.05, 0) is 36.6 Å². The summed E-state index contributed by atoms with van der Waals surface area (Å²) in [6, 6.07) is 7.71. The Hall–Kier alpha value is -3.28. The maximum absolute atomic E-state index is 13.2. The SMILES string of the molecule is CC(C)NCCOc1ncc(-c2ccc3ncc4c(c3c2)C2(CC(O)C2)C(=O)N4C)cc1NS(C)(=O)=O. The maximum atomic E-state index is 13.2. The van der Waals surface area contributed by atoms with Crippen molar-refractivity contribution in [2.75, 3.05) is 36.1 Å². The topological polar surface area (TPSA) is 134 Å². The number of aliphatic hydroxyl groups excluding tert-OH is 1. The number of rotatable bonds is 8. The lowest BCUT2D eigenvalue weighted by atomic mass is 9.62. The molecule has 3 heterocycles. The number of hydrogen-bond donors (Lipinski definition) is 3. The third kappa shape index (κ3) is 4.62. The molecule has 2 aromatic heterocycles. The predicted octanol–water partition coefficient (Wildman–Crippen LogP) is 2.41. The highest BCUT2D eigenvalue weighted by Crippen LogP contribution is 2.55. The van der Waals surface area contributed by atoms with Gasteiger partial charge in [-0.1, -0.05) is 19.9 Å². The maximum Gasteiger partial charge on any atom is 0.238 e. The number of benzene rings is 1. The molecular weight excluding hydrogens is 494 g/mol. The molecule has 196 valence electrons. The van der Waals surface area contributed by atoms with Crippen LogP contribution in [0.5, 0.6) is 5.88 Å². The number of fused-ring (bicyclic) bond motifs is 4. The summed E-state index contributed by atoms with van der Waals surface area (Å²) in [5.41, 5.74) is 3.35. The van der Waals surface area contributed by atoms with Gasteiger partial charge in [0.2, 0.25) is 21.8 Å². The van der Waals surface area contributed by atoms with Crippen molar-refractivity contribution in [3.63, 3.8) is 0 Å². The highest BCUT2D eigenvalue weighted by molar-refractivity contribution is 7.92. The van der Waals surface area contributed by atoms with Gasteiger partial charge in [0.05, 0.1) is 35.2 Å². The molecule has 1 aromatic carbocycles. The van der Waals surface area contributed by atoms with Crippen LogP contribution in [0.4, 0.5) is 11.4 Å². The molecule has 1 amide bonds. The second kappa shape index (κ2) is 9.23. The van der Waals surface area contributed by atoms with Crippen LogP contribution in [0.3, 0.4) is 0 Å². The summed E-state index contributed by atoms with van der Waals surface area (Å²) in [4.78, 5) is 23.8. The van der Waals surface area contributed by atoms with Crippen molar-refractivity contribution in [2.45, 2.75) is 44.2 Å². The van der Waals surface area contributed by atoms with E-state index in [-0.39, 0.29) is 17.5 Å². The molecule has 10 nitrogen and oxygen atoms in total. The van der Waals surface area contributed by atoms with Gasteiger partial charge in [-0.25, -0.2) is 13.4 Å². The number of likely N-dealkylation sites (N-methyl/N-ethyl adjacent to an activating group) is 1. The van der Waals surface area contributed by atoms with Crippen LogP contribution in [-0.2, 0) is 20.2 Å². The van der Waals surface area contributed by atoms with Crippen LogP contribution in [0.2, 0.25) is 0 Å². The highest BCUT2D eigenvalue weighted by Gasteiger charge is 2.58. The minimum atomic E-state index is -3.58. The van der Waals surface area contributed by atoms with Crippen molar-refractivity contribution in [2.24, 2.45) is 0 Å². The first-order chi connectivity index (χ1) is 17.5. The van der Waals surface area contributed by atoms with Crippen molar-refractivity contribution in [3.05, 3.63) is 42.2 Å². The molecule has 3 aromatic rings. The molecule has 37 heavy (non-hydrogen) atoms. The molecule has 5 rings (SSSR count). The Balaban J connectivity index is 1.55. The van der Waals surface area contributed by atoms with Gasteiger partial charge in [-0.2, -0.15) is 0 Å². The molecule has 2 aliphatic rings. The van der Waals surface area contributed by atoms with E-state index in [0.717, 1.165) is 34.0 Å². The Labute approximate surface area is 216 Å². The summed E-state index contributed by atoms with van der Waals surface area (Å²) < 4.78 is 32.4. The lowest BCUT2D eigenvalue weighted by Gasteiger charge is -2.41. The summed E-state index contributed by atoms with van der Waals surface area (Å²) in [6.07, 6.45) is 4.69. The van der Waals surface area contributed by atoms with Gasteiger partial charge in [0, 0.05) is 42.3 Å². The molecule has 0 radical (unpaired) electrons. The lowest BCUT2D eigenvalue weighted by molar-refractivity contribution is -0.130. The van der Waals surface area contributed by atoms with E-state index in [4.69, 9.17) is 4.74 Å². The van der Waals surface area contributed by atoms with E-state index in [1.54, 1.807) is 30.4 Å². The van der Waals surface area contributed by atoms with Gasteiger partial charge in [-0.15, -0.1) is 0 Å². The van der Waals surface area contributed by atoms with E-state index in [9.17, 15) is 18.3 Å². The van der Waals surface area contributed by atoms with Gasteiger partial charge >= 0.3 is 0 Å². The van der Waals surface area contributed by atoms with Gasteiger partial charge in [0.1, 0.15) is 12.3 Å². The van der Waals surface area contributed by atoms with Crippen LogP contribution in [0.15, 0.2) is 36.7 Å². The van der Waals surface area contributed by atoms with Crippen LogP contribution in [-0.4, -0.2) is 68.0 Å². The molecule has 1 aliphatic heterocycles. The van der Waals surface area contributed by atoms with E-state index >= 15 is 0 Å². The summed E-state index contributed by atoms with van der Waals surface area (Å²) in [5.74, 6) is 0.167. The summed E-state index contributed by atoms with van der Waals surface area (Å²) in [7, 11) is -1.84. The average Bonchev–Trinajstić information content (AvgIpc) is 3.03. The first-order valence-electron chi connectivity index (χ1n) is 12.2. The van der Waals surface area contributed by atoms with Crippen LogP contribution < -0.4 is 19.7 Å². The molecular formula is C26H31N5O5S. The largest absolute Gasteiger partial charge is 0.475 e. The summed E-state index contributed by atoms with van der Waals surface area (Å²) in [5, 5.41) is 14.2. The van der Waals surface area contributed by atoms with Crippen LogP contribution in [0, 0.1) is 0 Å². The fourth-order valence-corrected chi connectivity index (χ4v) is 5.82. The van der Waals surface area contributed by atoms with Gasteiger partial charge in [0.15, 0.2) is 0 Å². The average molecular weight is 526 g/mol. The summed E-state index contributed by atoms with van der Waals surface area (Å²) >= 11 is 0. The van der Waals surface area contributed by atoms with Gasteiger partial charge in [0.25, 0.3) is 0 Å². The van der Waals surface area contributed by atoms with E-state index in [1.807, 2.05) is 32.0 Å². The molecule has 1 saturated carbocycles. The number of carbonyl (C=O) groups excluding carboxylic acids is 1. The Morgan fingerprint density at radius 2 is 1.95 bits per heavy atom. The number of ether oxygens (including phenoxy) is 1. The van der Waals surface area contributed by atoms with Crippen molar-refractivity contribution in [1.82, 2.24) is 15.3 Å². The Morgan fingerprint density at radius 1 is 1.19 bits per heavy atom. The predicted molar refractivity (Wildman–Crippen MR) is 142 cm³/mol. The first-order valence-corrected chi connectivity index (χ1v) is 14.1. The number of aliphatic hydroxyl groups is 1. The lowest BCUT2D eigenvalue weighted by Crippen LogP contribution is -2.51.